The first kappa shape index (κ1) is 12.9. The fourth-order valence-corrected chi connectivity index (χ4v) is 2.37. The van der Waals surface area contributed by atoms with Gasteiger partial charge in [0.2, 0.25) is 0 Å². The van der Waals surface area contributed by atoms with Gasteiger partial charge < -0.3 is 14.6 Å². The second-order valence-corrected chi connectivity index (χ2v) is 5.11. The lowest BCUT2D eigenvalue weighted by Gasteiger charge is -2.26. The van der Waals surface area contributed by atoms with E-state index in [2.05, 4.69) is 15.9 Å². The van der Waals surface area contributed by atoms with Crippen LogP contribution in [0.3, 0.4) is 0 Å². The SMILES string of the molecule is OC(COc1ccccc1Br)C1CCOCC1. The Morgan fingerprint density at radius 2 is 2.06 bits per heavy atom. The Hall–Kier alpha value is -0.580. The summed E-state index contributed by atoms with van der Waals surface area (Å²) in [4.78, 5) is 0. The van der Waals surface area contributed by atoms with E-state index in [9.17, 15) is 5.11 Å². The van der Waals surface area contributed by atoms with Crippen LogP contribution < -0.4 is 4.74 Å². The molecule has 1 saturated heterocycles. The van der Waals surface area contributed by atoms with Crippen LogP contribution in [0.4, 0.5) is 0 Å². The fourth-order valence-electron chi connectivity index (χ4n) is 1.97. The third kappa shape index (κ3) is 3.69. The quantitative estimate of drug-likeness (QED) is 0.929. The number of ether oxygens (including phenoxy) is 2. The third-order valence-electron chi connectivity index (χ3n) is 3.06. The van der Waals surface area contributed by atoms with Crippen LogP contribution in [-0.2, 0) is 4.74 Å². The Morgan fingerprint density at radius 1 is 1.35 bits per heavy atom. The maximum Gasteiger partial charge on any atom is 0.133 e. The zero-order chi connectivity index (χ0) is 12.1. The van der Waals surface area contributed by atoms with Crippen molar-refractivity contribution in [1.82, 2.24) is 0 Å². The van der Waals surface area contributed by atoms with Gasteiger partial charge in [0.25, 0.3) is 0 Å². The van der Waals surface area contributed by atoms with Crippen molar-refractivity contribution in [1.29, 1.82) is 0 Å². The topological polar surface area (TPSA) is 38.7 Å². The highest BCUT2D eigenvalue weighted by Crippen LogP contribution is 2.25. The van der Waals surface area contributed by atoms with Gasteiger partial charge in [-0.25, -0.2) is 0 Å². The highest BCUT2D eigenvalue weighted by Gasteiger charge is 2.22. The van der Waals surface area contributed by atoms with Crippen molar-refractivity contribution < 1.29 is 14.6 Å². The van der Waals surface area contributed by atoms with E-state index in [0.717, 1.165) is 36.3 Å². The van der Waals surface area contributed by atoms with Crippen LogP contribution >= 0.6 is 15.9 Å². The maximum atomic E-state index is 10.0. The second-order valence-electron chi connectivity index (χ2n) is 4.26. The molecule has 3 nitrogen and oxygen atoms in total. The summed E-state index contributed by atoms with van der Waals surface area (Å²) >= 11 is 3.42. The number of aliphatic hydroxyl groups is 1. The second kappa shape index (κ2) is 6.38. The summed E-state index contributed by atoms with van der Waals surface area (Å²) in [5, 5.41) is 10.0. The van der Waals surface area contributed by atoms with Gasteiger partial charge in [-0.2, -0.15) is 0 Å². The van der Waals surface area contributed by atoms with E-state index in [1.54, 1.807) is 0 Å². The van der Waals surface area contributed by atoms with Crippen LogP contribution in [0.1, 0.15) is 12.8 Å². The lowest BCUT2D eigenvalue weighted by Crippen LogP contribution is -2.31. The number of benzene rings is 1. The molecular formula is C13H17BrO3. The minimum atomic E-state index is -0.411. The molecule has 1 fully saturated rings. The van der Waals surface area contributed by atoms with Crippen LogP contribution in [0.25, 0.3) is 0 Å². The van der Waals surface area contributed by atoms with Gasteiger partial charge in [-0.3, -0.25) is 0 Å². The smallest absolute Gasteiger partial charge is 0.133 e. The lowest BCUT2D eigenvalue weighted by atomic mass is 9.94. The number of rotatable bonds is 4. The highest BCUT2D eigenvalue weighted by atomic mass is 79.9. The molecule has 0 bridgehead atoms. The normalized spacial score (nSPS) is 18.9. The molecule has 1 aliphatic rings. The van der Waals surface area contributed by atoms with Crippen LogP contribution in [0, 0.1) is 5.92 Å². The van der Waals surface area contributed by atoms with E-state index >= 15 is 0 Å². The zero-order valence-electron chi connectivity index (χ0n) is 9.64. The predicted octanol–water partition coefficient (Wildman–Crippen LogP) is 2.62. The molecule has 1 aromatic rings. The summed E-state index contributed by atoms with van der Waals surface area (Å²) in [6.07, 6.45) is 1.42. The first-order valence-electron chi connectivity index (χ1n) is 5.90. The van der Waals surface area contributed by atoms with Crippen LogP contribution in [-0.4, -0.2) is 31.0 Å². The Kier molecular flexibility index (Phi) is 4.83. The lowest BCUT2D eigenvalue weighted by molar-refractivity contribution is -0.0102. The van der Waals surface area contributed by atoms with Crippen LogP contribution in [0.2, 0.25) is 0 Å². The van der Waals surface area contributed by atoms with Gasteiger partial charge in [-0.1, -0.05) is 12.1 Å². The van der Waals surface area contributed by atoms with E-state index in [1.165, 1.54) is 0 Å². The largest absolute Gasteiger partial charge is 0.490 e. The monoisotopic (exact) mass is 300 g/mol. The van der Waals surface area contributed by atoms with Crippen molar-refractivity contribution in [3.8, 4) is 5.75 Å². The molecule has 4 heteroatoms. The minimum Gasteiger partial charge on any atom is -0.490 e. The summed E-state index contributed by atoms with van der Waals surface area (Å²) in [7, 11) is 0. The molecule has 0 saturated carbocycles. The maximum absolute atomic E-state index is 10.0. The van der Waals surface area contributed by atoms with Crippen molar-refractivity contribution in [2.24, 2.45) is 5.92 Å². The molecule has 2 rings (SSSR count). The van der Waals surface area contributed by atoms with Gasteiger partial charge in [-0.15, -0.1) is 0 Å². The van der Waals surface area contributed by atoms with Gasteiger partial charge in [0.15, 0.2) is 0 Å². The van der Waals surface area contributed by atoms with Crippen molar-refractivity contribution in [2.45, 2.75) is 18.9 Å². The van der Waals surface area contributed by atoms with Gasteiger partial charge in [0.1, 0.15) is 12.4 Å². The first-order valence-corrected chi connectivity index (χ1v) is 6.70. The minimum absolute atomic E-state index is 0.297. The number of aliphatic hydroxyl groups excluding tert-OH is 1. The summed E-state index contributed by atoms with van der Waals surface area (Å²) in [5.74, 6) is 1.07. The third-order valence-corrected chi connectivity index (χ3v) is 3.71. The van der Waals surface area contributed by atoms with Gasteiger partial charge in [0, 0.05) is 13.2 Å². The zero-order valence-corrected chi connectivity index (χ0v) is 11.2. The molecule has 17 heavy (non-hydrogen) atoms. The van der Waals surface area contributed by atoms with E-state index in [-0.39, 0.29) is 0 Å². The Balaban J connectivity index is 1.83. The highest BCUT2D eigenvalue weighted by molar-refractivity contribution is 9.10. The standard InChI is InChI=1S/C13H17BrO3/c14-11-3-1-2-4-13(11)17-9-12(15)10-5-7-16-8-6-10/h1-4,10,12,15H,5-9H2. The van der Waals surface area contributed by atoms with E-state index in [0.29, 0.717) is 12.5 Å². The summed E-state index contributed by atoms with van der Waals surface area (Å²) in [6.45, 7) is 1.83. The summed E-state index contributed by atoms with van der Waals surface area (Å²) in [5.41, 5.74) is 0. The molecule has 1 unspecified atom stereocenters. The molecule has 1 atom stereocenters. The molecule has 1 heterocycles. The molecule has 0 radical (unpaired) electrons. The Morgan fingerprint density at radius 3 is 2.76 bits per heavy atom. The van der Waals surface area contributed by atoms with Crippen LogP contribution in [0.5, 0.6) is 5.75 Å². The summed E-state index contributed by atoms with van der Waals surface area (Å²) in [6, 6.07) is 7.67. The van der Waals surface area contributed by atoms with Gasteiger partial charge >= 0.3 is 0 Å². The number of para-hydroxylation sites is 1. The molecule has 0 aliphatic carbocycles. The Bertz CT molecular complexity index is 350. The van der Waals surface area contributed by atoms with Crippen molar-refractivity contribution in [2.75, 3.05) is 19.8 Å². The summed E-state index contributed by atoms with van der Waals surface area (Å²) < 4.78 is 11.8. The number of halogens is 1. The fraction of sp³-hybridized carbons (Fsp3) is 0.538. The van der Waals surface area contributed by atoms with Crippen molar-refractivity contribution in [3.63, 3.8) is 0 Å². The van der Waals surface area contributed by atoms with Crippen LogP contribution in [0.15, 0.2) is 28.7 Å². The molecule has 0 spiro atoms. The van der Waals surface area contributed by atoms with Gasteiger partial charge in [0.05, 0.1) is 10.6 Å². The molecule has 1 aromatic carbocycles. The van der Waals surface area contributed by atoms with Crippen molar-refractivity contribution >= 4 is 15.9 Å². The van der Waals surface area contributed by atoms with Crippen molar-refractivity contribution in [3.05, 3.63) is 28.7 Å². The van der Waals surface area contributed by atoms with E-state index < -0.39 is 6.10 Å². The van der Waals surface area contributed by atoms with Gasteiger partial charge in [-0.05, 0) is 46.8 Å². The predicted molar refractivity (Wildman–Crippen MR) is 69.2 cm³/mol. The molecule has 94 valence electrons. The number of hydrogen-bond donors (Lipinski definition) is 1. The Labute approximate surface area is 110 Å². The number of hydrogen-bond acceptors (Lipinski definition) is 3. The molecular weight excluding hydrogens is 284 g/mol. The molecule has 0 aromatic heterocycles. The average molecular weight is 301 g/mol. The van der Waals surface area contributed by atoms with E-state index in [4.69, 9.17) is 9.47 Å². The molecule has 1 aliphatic heterocycles. The van der Waals surface area contributed by atoms with E-state index in [1.807, 2.05) is 24.3 Å². The molecule has 0 amide bonds. The first-order chi connectivity index (χ1) is 8.27. The average Bonchev–Trinajstić information content (AvgIpc) is 2.38. The molecule has 1 N–H and O–H groups in total.